The molecule has 3 rings (SSSR count). The van der Waals surface area contributed by atoms with Crippen molar-refractivity contribution in [3.63, 3.8) is 0 Å². The number of benzene rings is 2. The number of nitrogens with zero attached hydrogens (tertiary/aromatic N) is 2. The van der Waals surface area contributed by atoms with Crippen LogP contribution in [0.3, 0.4) is 0 Å². The van der Waals surface area contributed by atoms with E-state index in [4.69, 9.17) is 30.3 Å². The van der Waals surface area contributed by atoms with Gasteiger partial charge in [0.2, 0.25) is 5.82 Å². The third-order valence-corrected chi connectivity index (χ3v) is 4.07. The van der Waals surface area contributed by atoms with Gasteiger partial charge in [-0.15, -0.1) is 0 Å². The van der Waals surface area contributed by atoms with Gasteiger partial charge in [0.05, 0.1) is 7.11 Å². The normalized spacial score (nSPS) is 10.9. The maximum atomic E-state index is 12.0. The van der Waals surface area contributed by atoms with Gasteiger partial charge in [0, 0.05) is 10.6 Å². The Hall–Kier alpha value is -3.32. The van der Waals surface area contributed by atoms with E-state index in [1.807, 2.05) is 31.2 Å². The van der Waals surface area contributed by atoms with Crippen molar-refractivity contribution in [2.24, 2.45) is 0 Å². The minimum absolute atomic E-state index is 0.153. The standard InChI is InChI=1S/C21H19ClN2O5/c1-3-4-14-5-10-17(18(11-14)26-2)27-13-20(25)28-12-19-23-21(24-29-19)15-6-8-16(22)9-7-15/h3-11H,12-13H2,1-2H3/b4-3+. The maximum absolute atomic E-state index is 12.0. The molecular weight excluding hydrogens is 396 g/mol. The van der Waals surface area contributed by atoms with E-state index in [0.717, 1.165) is 11.1 Å². The van der Waals surface area contributed by atoms with E-state index < -0.39 is 5.97 Å². The molecule has 0 atom stereocenters. The zero-order chi connectivity index (χ0) is 20.6. The number of carbonyl (C=O) groups excluding carboxylic acids is 1. The molecule has 0 N–H and O–H groups in total. The van der Waals surface area contributed by atoms with Gasteiger partial charge < -0.3 is 18.7 Å². The molecule has 0 aliphatic carbocycles. The highest BCUT2D eigenvalue weighted by Crippen LogP contribution is 2.28. The highest BCUT2D eigenvalue weighted by atomic mass is 35.5. The molecule has 8 heteroatoms. The minimum Gasteiger partial charge on any atom is -0.493 e. The van der Waals surface area contributed by atoms with Gasteiger partial charge in [-0.2, -0.15) is 4.98 Å². The van der Waals surface area contributed by atoms with E-state index in [2.05, 4.69) is 10.1 Å². The number of esters is 1. The van der Waals surface area contributed by atoms with Crippen molar-refractivity contribution < 1.29 is 23.5 Å². The van der Waals surface area contributed by atoms with Crippen molar-refractivity contribution in [3.8, 4) is 22.9 Å². The molecule has 0 radical (unpaired) electrons. The molecule has 1 heterocycles. The lowest BCUT2D eigenvalue weighted by Gasteiger charge is -2.10. The summed E-state index contributed by atoms with van der Waals surface area (Å²) in [6.07, 6.45) is 3.85. The van der Waals surface area contributed by atoms with Gasteiger partial charge in [-0.3, -0.25) is 0 Å². The van der Waals surface area contributed by atoms with Crippen LogP contribution in [0.5, 0.6) is 11.5 Å². The van der Waals surface area contributed by atoms with Crippen LogP contribution < -0.4 is 9.47 Å². The number of halogens is 1. The Kier molecular flexibility index (Phi) is 6.86. The Morgan fingerprint density at radius 2 is 1.97 bits per heavy atom. The summed E-state index contributed by atoms with van der Waals surface area (Å²) in [5.74, 6) is 0.959. The van der Waals surface area contributed by atoms with E-state index >= 15 is 0 Å². The van der Waals surface area contributed by atoms with Gasteiger partial charge in [-0.05, 0) is 48.9 Å². The fourth-order valence-electron chi connectivity index (χ4n) is 2.45. The molecule has 0 aliphatic heterocycles. The highest BCUT2D eigenvalue weighted by Gasteiger charge is 2.13. The van der Waals surface area contributed by atoms with Crippen molar-refractivity contribution in [2.75, 3.05) is 13.7 Å². The predicted molar refractivity (Wildman–Crippen MR) is 108 cm³/mol. The summed E-state index contributed by atoms with van der Waals surface area (Å²) in [6, 6.07) is 12.4. The second kappa shape index (κ2) is 9.75. The first-order valence-electron chi connectivity index (χ1n) is 8.76. The lowest BCUT2D eigenvalue weighted by atomic mass is 10.2. The van der Waals surface area contributed by atoms with Crippen LogP contribution in [-0.2, 0) is 16.1 Å². The van der Waals surface area contributed by atoms with Gasteiger partial charge in [0.15, 0.2) is 24.7 Å². The second-order valence-electron chi connectivity index (χ2n) is 5.88. The molecule has 29 heavy (non-hydrogen) atoms. The quantitative estimate of drug-likeness (QED) is 0.500. The van der Waals surface area contributed by atoms with Crippen molar-refractivity contribution in [3.05, 3.63) is 65.0 Å². The Balaban J connectivity index is 1.52. The van der Waals surface area contributed by atoms with Crippen LogP contribution in [0, 0.1) is 0 Å². The first kappa shape index (κ1) is 20.4. The third kappa shape index (κ3) is 5.58. The van der Waals surface area contributed by atoms with Crippen LogP contribution in [0.15, 0.2) is 53.1 Å². The first-order chi connectivity index (χ1) is 14.1. The monoisotopic (exact) mass is 414 g/mol. The van der Waals surface area contributed by atoms with E-state index in [-0.39, 0.29) is 19.1 Å². The SMILES string of the molecule is C/C=C/c1ccc(OCC(=O)OCc2nc(-c3ccc(Cl)cc3)no2)c(OC)c1. The topological polar surface area (TPSA) is 83.7 Å². The molecule has 0 amide bonds. The number of allylic oxidation sites excluding steroid dienone is 1. The lowest BCUT2D eigenvalue weighted by Crippen LogP contribution is -2.15. The van der Waals surface area contributed by atoms with Crippen LogP contribution in [0.2, 0.25) is 5.02 Å². The van der Waals surface area contributed by atoms with Crippen LogP contribution in [0.4, 0.5) is 0 Å². The molecule has 3 aromatic rings. The highest BCUT2D eigenvalue weighted by molar-refractivity contribution is 6.30. The Morgan fingerprint density at radius 1 is 1.17 bits per heavy atom. The molecule has 0 saturated heterocycles. The average Bonchev–Trinajstić information content (AvgIpc) is 3.21. The van der Waals surface area contributed by atoms with Crippen LogP contribution in [-0.4, -0.2) is 29.8 Å². The summed E-state index contributed by atoms with van der Waals surface area (Å²) < 4.78 is 21.0. The molecule has 0 bridgehead atoms. The number of rotatable bonds is 8. The number of carbonyl (C=O) groups is 1. The molecule has 0 spiro atoms. The molecule has 2 aromatic carbocycles. The lowest BCUT2D eigenvalue weighted by molar-refractivity contribution is -0.148. The summed E-state index contributed by atoms with van der Waals surface area (Å²) in [4.78, 5) is 16.2. The molecule has 0 saturated carbocycles. The van der Waals surface area contributed by atoms with E-state index in [1.54, 1.807) is 30.3 Å². The number of methoxy groups -OCH3 is 1. The van der Waals surface area contributed by atoms with Gasteiger partial charge in [-0.25, -0.2) is 4.79 Å². The van der Waals surface area contributed by atoms with Gasteiger partial charge in [-0.1, -0.05) is 35.0 Å². The summed E-state index contributed by atoms with van der Waals surface area (Å²) >= 11 is 5.86. The fraction of sp³-hybridized carbons (Fsp3) is 0.190. The Morgan fingerprint density at radius 3 is 2.69 bits per heavy atom. The van der Waals surface area contributed by atoms with Crippen LogP contribution in [0.25, 0.3) is 17.5 Å². The molecule has 0 unspecified atom stereocenters. The average molecular weight is 415 g/mol. The fourth-order valence-corrected chi connectivity index (χ4v) is 2.58. The summed E-state index contributed by atoms with van der Waals surface area (Å²) in [7, 11) is 1.54. The zero-order valence-electron chi connectivity index (χ0n) is 15.9. The molecule has 1 aromatic heterocycles. The predicted octanol–water partition coefficient (Wildman–Crippen LogP) is 4.55. The second-order valence-corrected chi connectivity index (χ2v) is 6.31. The van der Waals surface area contributed by atoms with Crippen molar-refractivity contribution in [1.29, 1.82) is 0 Å². The largest absolute Gasteiger partial charge is 0.493 e. The molecule has 0 fully saturated rings. The van der Waals surface area contributed by atoms with Crippen LogP contribution >= 0.6 is 11.6 Å². The van der Waals surface area contributed by atoms with Gasteiger partial charge >= 0.3 is 5.97 Å². The van der Waals surface area contributed by atoms with Gasteiger partial charge in [0.1, 0.15) is 0 Å². The summed E-state index contributed by atoms with van der Waals surface area (Å²) in [6.45, 7) is 1.49. The molecule has 0 aliphatic rings. The number of aromatic nitrogens is 2. The maximum Gasteiger partial charge on any atom is 0.344 e. The van der Waals surface area contributed by atoms with Gasteiger partial charge in [0.25, 0.3) is 5.89 Å². The smallest absolute Gasteiger partial charge is 0.344 e. The van der Waals surface area contributed by atoms with E-state index in [0.29, 0.717) is 22.3 Å². The van der Waals surface area contributed by atoms with E-state index in [9.17, 15) is 4.79 Å². The number of hydrogen-bond acceptors (Lipinski definition) is 7. The Labute approximate surface area is 172 Å². The van der Waals surface area contributed by atoms with Crippen molar-refractivity contribution in [1.82, 2.24) is 10.1 Å². The van der Waals surface area contributed by atoms with E-state index in [1.165, 1.54) is 7.11 Å². The molecular formula is C21H19ClN2O5. The van der Waals surface area contributed by atoms with Crippen molar-refractivity contribution >= 4 is 23.6 Å². The van der Waals surface area contributed by atoms with Crippen molar-refractivity contribution in [2.45, 2.75) is 13.5 Å². The summed E-state index contributed by atoms with van der Waals surface area (Å²) in [5.41, 5.74) is 1.71. The number of hydrogen-bond donors (Lipinski definition) is 0. The zero-order valence-corrected chi connectivity index (χ0v) is 16.7. The number of ether oxygens (including phenoxy) is 3. The summed E-state index contributed by atoms with van der Waals surface area (Å²) in [5, 5.41) is 4.47. The Bertz CT molecular complexity index is 999. The third-order valence-electron chi connectivity index (χ3n) is 3.82. The van der Waals surface area contributed by atoms with Crippen LogP contribution in [0.1, 0.15) is 18.4 Å². The molecule has 7 nitrogen and oxygen atoms in total. The molecule has 150 valence electrons. The minimum atomic E-state index is -0.573. The first-order valence-corrected chi connectivity index (χ1v) is 9.14.